The Morgan fingerprint density at radius 3 is 2.38 bits per heavy atom. The Bertz CT molecular complexity index is 541. The minimum absolute atomic E-state index is 0.120. The zero-order chi connectivity index (χ0) is 15.9. The van der Waals surface area contributed by atoms with Gasteiger partial charge in [0.15, 0.2) is 0 Å². The van der Waals surface area contributed by atoms with Crippen molar-refractivity contribution in [1.82, 2.24) is 9.62 Å². The van der Waals surface area contributed by atoms with E-state index in [4.69, 9.17) is 0 Å². The average molecular weight is 312 g/mol. The predicted molar refractivity (Wildman–Crippen MR) is 84.2 cm³/mol. The second-order valence-electron chi connectivity index (χ2n) is 5.53. The Labute approximate surface area is 127 Å². The summed E-state index contributed by atoms with van der Waals surface area (Å²) in [6.07, 6.45) is 1.34. The van der Waals surface area contributed by atoms with Crippen LogP contribution in [0.4, 0.5) is 0 Å². The summed E-state index contributed by atoms with van der Waals surface area (Å²) in [5, 5.41) is 2.79. The molecule has 0 radical (unpaired) electrons. The van der Waals surface area contributed by atoms with E-state index >= 15 is 0 Å². The van der Waals surface area contributed by atoms with Crippen LogP contribution in [0.15, 0.2) is 30.3 Å². The third kappa shape index (κ3) is 7.24. The smallest absolute Gasteiger partial charge is 0.221 e. The van der Waals surface area contributed by atoms with E-state index in [-0.39, 0.29) is 25.4 Å². The van der Waals surface area contributed by atoms with Gasteiger partial charge in [-0.25, -0.2) is 8.42 Å². The van der Waals surface area contributed by atoms with Gasteiger partial charge in [0, 0.05) is 26.1 Å². The molecule has 118 valence electrons. The monoisotopic (exact) mass is 312 g/mol. The molecule has 0 bridgehead atoms. The van der Waals surface area contributed by atoms with Crippen molar-refractivity contribution in [2.45, 2.75) is 26.8 Å². The van der Waals surface area contributed by atoms with Gasteiger partial charge in [-0.1, -0.05) is 44.2 Å². The number of benzene rings is 1. The standard InChI is InChI=1S/C15H24N2O3S/c1-13(2)11-16-15(18)9-10-17(21(3,19)20)12-14-7-5-4-6-8-14/h4-8,13H,9-12H2,1-3H3,(H,16,18). The fourth-order valence-electron chi connectivity index (χ4n) is 1.78. The quantitative estimate of drug-likeness (QED) is 0.793. The van der Waals surface area contributed by atoms with E-state index in [0.717, 1.165) is 5.56 Å². The third-order valence-electron chi connectivity index (χ3n) is 2.97. The molecule has 0 aromatic heterocycles. The molecule has 0 heterocycles. The number of carbonyl (C=O) groups is 1. The Hall–Kier alpha value is -1.40. The second-order valence-corrected chi connectivity index (χ2v) is 7.51. The molecule has 0 unspecified atom stereocenters. The molecule has 1 aromatic carbocycles. The van der Waals surface area contributed by atoms with Crippen molar-refractivity contribution in [3.63, 3.8) is 0 Å². The van der Waals surface area contributed by atoms with Gasteiger partial charge in [0.1, 0.15) is 0 Å². The summed E-state index contributed by atoms with van der Waals surface area (Å²) in [5.74, 6) is 0.259. The predicted octanol–water partition coefficient (Wildman–Crippen LogP) is 1.61. The maximum absolute atomic E-state index is 11.8. The number of nitrogens with zero attached hydrogens (tertiary/aromatic N) is 1. The molecule has 0 saturated heterocycles. The average Bonchev–Trinajstić information content (AvgIpc) is 2.41. The van der Waals surface area contributed by atoms with Crippen molar-refractivity contribution in [3.05, 3.63) is 35.9 Å². The number of carbonyl (C=O) groups excluding carboxylic acids is 1. The summed E-state index contributed by atoms with van der Waals surface area (Å²) < 4.78 is 24.9. The van der Waals surface area contributed by atoms with E-state index in [1.54, 1.807) is 0 Å². The Balaban J connectivity index is 2.58. The first-order valence-electron chi connectivity index (χ1n) is 7.05. The number of hydrogen-bond donors (Lipinski definition) is 1. The van der Waals surface area contributed by atoms with Gasteiger partial charge in [0.05, 0.1) is 6.26 Å². The van der Waals surface area contributed by atoms with Gasteiger partial charge in [-0.3, -0.25) is 4.79 Å². The van der Waals surface area contributed by atoms with Gasteiger partial charge in [-0.2, -0.15) is 4.31 Å². The Morgan fingerprint density at radius 2 is 1.86 bits per heavy atom. The summed E-state index contributed by atoms with van der Waals surface area (Å²) in [5.41, 5.74) is 0.908. The molecule has 0 aliphatic heterocycles. The molecule has 0 fully saturated rings. The Morgan fingerprint density at radius 1 is 1.24 bits per heavy atom. The maximum atomic E-state index is 11.8. The van der Waals surface area contributed by atoms with Crippen LogP contribution in [-0.4, -0.2) is 38.0 Å². The lowest BCUT2D eigenvalue weighted by Crippen LogP contribution is -2.35. The lowest BCUT2D eigenvalue weighted by atomic mass is 10.2. The van der Waals surface area contributed by atoms with E-state index in [2.05, 4.69) is 5.32 Å². The molecule has 1 aromatic rings. The highest BCUT2D eigenvalue weighted by atomic mass is 32.2. The van der Waals surface area contributed by atoms with Crippen LogP contribution >= 0.6 is 0 Å². The molecule has 21 heavy (non-hydrogen) atoms. The topological polar surface area (TPSA) is 66.5 Å². The minimum Gasteiger partial charge on any atom is -0.356 e. The Kier molecular flexibility index (Phi) is 6.84. The lowest BCUT2D eigenvalue weighted by Gasteiger charge is -2.20. The molecule has 0 aliphatic rings. The minimum atomic E-state index is -3.34. The summed E-state index contributed by atoms with van der Waals surface area (Å²) in [7, 11) is -3.34. The van der Waals surface area contributed by atoms with Crippen LogP contribution in [0.25, 0.3) is 0 Å². The van der Waals surface area contributed by atoms with Crippen molar-refractivity contribution < 1.29 is 13.2 Å². The molecule has 1 amide bonds. The van der Waals surface area contributed by atoms with Crippen LogP contribution in [-0.2, 0) is 21.4 Å². The molecule has 1 rings (SSSR count). The van der Waals surface area contributed by atoms with E-state index in [9.17, 15) is 13.2 Å². The molecule has 0 aliphatic carbocycles. The highest BCUT2D eigenvalue weighted by Gasteiger charge is 2.18. The summed E-state index contributed by atoms with van der Waals surface area (Å²) in [4.78, 5) is 11.7. The van der Waals surface area contributed by atoms with Crippen molar-refractivity contribution >= 4 is 15.9 Å². The van der Waals surface area contributed by atoms with Crippen LogP contribution in [0.5, 0.6) is 0 Å². The largest absolute Gasteiger partial charge is 0.356 e. The highest BCUT2D eigenvalue weighted by molar-refractivity contribution is 7.88. The summed E-state index contributed by atoms with van der Waals surface area (Å²) in [6, 6.07) is 9.36. The SMILES string of the molecule is CC(C)CNC(=O)CCN(Cc1ccccc1)S(C)(=O)=O. The molecule has 0 spiro atoms. The molecular formula is C15H24N2O3S. The molecular weight excluding hydrogens is 288 g/mol. The van der Waals surface area contributed by atoms with Crippen LogP contribution in [0.1, 0.15) is 25.8 Å². The van der Waals surface area contributed by atoms with Gasteiger partial charge in [0.2, 0.25) is 15.9 Å². The van der Waals surface area contributed by atoms with Gasteiger partial charge < -0.3 is 5.32 Å². The highest BCUT2D eigenvalue weighted by Crippen LogP contribution is 2.09. The van der Waals surface area contributed by atoms with Crippen LogP contribution in [0.2, 0.25) is 0 Å². The van der Waals surface area contributed by atoms with Crippen LogP contribution in [0.3, 0.4) is 0 Å². The molecule has 1 N–H and O–H groups in total. The van der Waals surface area contributed by atoms with E-state index in [0.29, 0.717) is 12.5 Å². The first kappa shape index (κ1) is 17.7. The maximum Gasteiger partial charge on any atom is 0.221 e. The van der Waals surface area contributed by atoms with Crippen molar-refractivity contribution in [2.24, 2.45) is 5.92 Å². The molecule has 6 heteroatoms. The lowest BCUT2D eigenvalue weighted by molar-refractivity contribution is -0.121. The van der Waals surface area contributed by atoms with Gasteiger partial charge in [-0.15, -0.1) is 0 Å². The number of sulfonamides is 1. The number of amides is 1. The number of hydrogen-bond acceptors (Lipinski definition) is 3. The second kappa shape index (κ2) is 8.14. The van der Waals surface area contributed by atoms with Gasteiger partial charge in [-0.05, 0) is 11.5 Å². The van der Waals surface area contributed by atoms with Crippen LogP contribution < -0.4 is 5.32 Å². The fraction of sp³-hybridized carbons (Fsp3) is 0.533. The third-order valence-corrected chi connectivity index (χ3v) is 4.22. The summed E-state index contributed by atoms with van der Waals surface area (Å²) >= 11 is 0. The number of nitrogens with one attached hydrogen (secondary N) is 1. The molecule has 0 saturated carbocycles. The molecule has 0 atom stereocenters. The molecule has 5 nitrogen and oxygen atoms in total. The van der Waals surface area contributed by atoms with Crippen molar-refractivity contribution in [1.29, 1.82) is 0 Å². The number of rotatable bonds is 8. The van der Waals surface area contributed by atoms with Gasteiger partial charge in [0.25, 0.3) is 0 Å². The van der Waals surface area contributed by atoms with Crippen molar-refractivity contribution in [2.75, 3.05) is 19.3 Å². The van der Waals surface area contributed by atoms with E-state index in [1.807, 2.05) is 44.2 Å². The van der Waals surface area contributed by atoms with Gasteiger partial charge >= 0.3 is 0 Å². The zero-order valence-electron chi connectivity index (χ0n) is 12.9. The first-order chi connectivity index (χ1) is 9.79. The van der Waals surface area contributed by atoms with Crippen LogP contribution in [0, 0.1) is 5.92 Å². The zero-order valence-corrected chi connectivity index (χ0v) is 13.7. The fourth-order valence-corrected chi connectivity index (χ4v) is 2.59. The van der Waals surface area contributed by atoms with E-state index < -0.39 is 10.0 Å². The van der Waals surface area contributed by atoms with E-state index in [1.165, 1.54) is 10.6 Å². The normalized spacial score (nSPS) is 11.9. The van der Waals surface area contributed by atoms with Crippen molar-refractivity contribution in [3.8, 4) is 0 Å². The summed E-state index contributed by atoms with van der Waals surface area (Å²) in [6.45, 7) is 5.11. The first-order valence-corrected chi connectivity index (χ1v) is 8.89.